The highest BCUT2D eigenvalue weighted by Gasteiger charge is 2.25. The zero-order valence-corrected chi connectivity index (χ0v) is 21.5. The number of fused-ring (bicyclic) bond motifs is 6. The normalized spacial score (nSPS) is 11.5. The van der Waals surface area contributed by atoms with Crippen LogP contribution in [-0.2, 0) is 7.05 Å². The molecule has 0 bridgehead atoms. The van der Waals surface area contributed by atoms with E-state index in [1.807, 2.05) is 12.1 Å². The molecule has 7 aromatic rings. The number of furan rings is 1. The minimum atomic E-state index is 0.623. The smallest absolute Gasteiger partial charge is 0.216 e. The molecule has 3 heteroatoms. The van der Waals surface area contributed by atoms with E-state index in [-0.39, 0.29) is 0 Å². The fourth-order valence-electron chi connectivity index (χ4n) is 6.03. The van der Waals surface area contributed by atoms with Crippen LogP contribution in [0.2, 0.25) is 0 Å². The zero-order valence-electron chi connectivity index (χ0n) is 21.5. The predicted octanol–water partition coefficient (Wildman–Crippen LogP) is 8.54. The summed E-state index contributed by atoms with van der Waals surface area (Å²) in [5.41, 5.74) is 8.47. The maximum absolute atomic E-state index is 10.3. The van der Waals surface area contributed by atoms with Gasteiger partial charge in [0.2, 0.25) is 5.69 Å². The van der Waals surface area contributed by atoms with Crippen molar-refractivity contribution in [3.05, 3.63) is 114 Å². The van der Waals surface area contributed by atoms with Gasteiger partial charge < -0.3 is 4.42 Å². The third-order valence-electron chi connectivity index (χ3n) is 7.79. The van der Waals surface area contributed by atoms with Crippen LogP contribution >= 0.6 is 0 Å². The molecule has 0 N–H and O–H groups in total. The van der Waals surface area contributed by atoms with Gasteiger partial charge in [0.15, 0.2) is 6.20 Å². The number of hydrogen-bond donors (Lipinski definition) is 0. The van der Waals surface area contributed by atoms with Gasteiger partial charge in [-0.3, -0.25) is 0 Å². The fourth-order valence-corrected chi connectivity index (χ4v) is 6.03. The summed E-state index contributed by atoms with van der Waals surface area (Å²) in [6.07, 6.45) is 2.06. The highest BCUT2D eigenvalue weighted by molar-refractivity contribution is 6.20. The maximum atomic E-state index is 10.3. The summed E-state index contributed by atoms with van der Waals surface area (Å²) in [5, 5.41) is 17.1. The minimum absolute atomic E-state index is 0.623. The predicted molar refractivity (Wildman–Crippen MR) is 155 cm³/mol. The molecule has 0 fully saturated rings. The Morgan fingerprint density at radius 1 is 0.684 bits per heavy atom. The molecule has 0 aliphatic rings. The van der Waals surface area contributed by atoms with Gasteiger partial charge in [0.05, 0.1) is 17.2 Å². The molecule has 0 aliphatic carbocycles. The van der Waals surface area contributed by atoms with E-state index in [1.165, 1.54) is 10.8 Å². The third kappa shape index (κ3) is 3.11. The molecular weight excluding hydrogens is 464 g/mol. The first kappa shape index (κ1) is 22.3. The number of nitriles is 1. The van der Waals surface area contributed by atoms with Crippen molar-refractivity contribution in [1.29, 1.82) is 5.26 Å². The van der Waals surface area contributed by atoms with E-state index in [4.69, 9.17) is 4.42 Å². The topological polar surface area (TPSA) is 40.8 Å². The van der Waals surface area contributed by atoms with Crippen LogP contribution in [0.25, 0.3) is 65.9 Å². The largest absolute Gasteiger partial charge is 0.454 e. The highest BCUT2D eigenvalue weighted by atomic mass is 16.3. The second kappa shape index (κ2) is 8.30. The molecule has 0 unspecified atom stereocenters. The molecule has 0 saturated heterocycles. The Labute approximate surface area is 220 Å². The summed E-state index contributed by atoms with van der Waals surface area (Å²) in [4.78, 5) is 0. The summed E-state index contributed by atoms with van der Waals surface area (Å²) in [6.45, 7) is 4.20. The molecule has 2 aromatic heterocycles. The van der Waals surface area contributed by atoms with Crippen molar-refractivity contribution in [3.63, 3.8) is 0 Å². The number of nitrogens with zero attached hydrogens (tertiary/aromatic N) is 2. The first-order valence-electron chi connectivity index (χ1n) is 12.8. The molecular formula is C35H25N2O+. The first-order valence-corrected chi connectivity index (χ1v) is 12.8. The number of aryl methyl sites for hydroxylation is 3. The van der Waals surface area contributed by atoms with Crippen LogP contribution in [0.3, 0.4) is 0 Å². The average molecular weight is 490 g/mol. The maximum Gasteiger partial charge on any atom is 0.216 e. The fraction of sp³-hybridized carbons (Fsp3) is 0.0857. The molecule has 2 heterocycles. The lowest BCUT2D eigenvalue weighted by molar-refractivity contribution is -0.660. The van der Waals surface area contributed by atoms with Crippen molar-refractivity contribution >= 4 is 43.5 Å². The summed E-state index contributed by atoms with van der Waals surface area (Å²) < 4.78 is 9.00. The number of aromatic nitrogens is 1. The molecule has 0 radical (unpaired) electrons. The Morgan fingerprint density at radius 3 is 2.21 bits per heavy atom. The van der Waals surface area contributed by atoms with Gasteiger partial charge in [-0.15, -0.1) is 0 Å². The Hall–Kier alpha value is -4.94. The molecule has 0 saturated carbocycles. The van der Waals surface area contributed by atoms with E-state index < -0.39 is 0 Å². The second-order valence-electron chi connectivity index (χ2n) is 10.1. The summed E-state index contributed by atoms with van der Waals surface area (Å²) >= 11 is 0. The summed E-state index contributed by atoms with van der Waals surface area (Å²) in [5.74, 6) is 0. The zero-order chi connectivity index (χ0) is 26.0. The molecule has 7 rings (SSSR count). The van der Waals surface area contributed by atoms with Gasteiger partial charge in [0.1, 0.15) is 18.2 Å². The highest BCUT2D eigenvalue weighted by Crippen LogP contribution is 2.45. The lowest BCUT2D eigenvalue weighted by Gasteiger charge is -2.13. The standard InChI is InChI=1S/C35H25N2O/c1-21-15-16-28-31-22(2)18-24(20-36)33(35(31)38-34(28)32(21)30-14-8-9-17-37(30)3)29-19-23-10-4-5-11-25(23)26-12-6-7-13-27(26)29/h4-19H,1-3H3/q+1. The third-order valence-corrected chi connectivity index (χ3v) is 7.79. The Kier molecular flexibility index (Phi) is 4.86. The molecule has 3 nitrogen and oxygen atoms in total. The Balaban J connectivity index is 1.68. The molecule has 0 spiro atoms. The quantitative estimate of drug-likeness (QED) is 0.180. The van der Waals surface area contributed by atoms with Crippen LogP contribution < -0.4 is 4.57 Å². The lowest BCUT2D eigenvalue weighted by atomic mass is 9.89. The van der Waals surface area contributed by atoms with Crippen LogP contribution in [0.4, 0.5) is 0 Å². The van der Waals surface area contributed by atoms with Gasteiger partial charge in [-0.1, -0.05) is 60.7 Å². The summed E-state index contributed by atoms with van der Waals surface area (Å²) in [6, 6.07) is 34.1. The Bertz CT molecular complexity index is 2130. The van der Waals surface area contributed by atoms with Crippen molar-refractivity contribution in [1.82, 2.24) is 0 Å². The monoisotopic (exact) mass is 489 g/mol. The first-order chi connectivity index (χ1) is 18.6. The number of rotatable bonds is 2. The number of hydrogen-bond acceptors (Lipinski definition) is 2. The van der Waals surface area contributed by atoms with Crippen LogP contribution in [0.5, 0.6) is 0 Å². The van der Waals surface area contributed by atoms with Gasteiger partial charge in [0, 0.05) is 28.5 Å². The average Bonchev–Trinajstić information content (AvgIpc) is 3.33. The van der Waals surface area contributed by atoms with Crippen LogP contribution in [0, 0.1) is 25.2 Å². The van der Waals surface area contributed by atoms with E-state index in [0.29, 0.717) is 5.56 Å². The molecule has 0 amide bonds. The Morgan fingerprint density at radius 2 is 1.42 bits per heavy atom. The molecule has 38 heavy (non-hydrogen) atoms. The summed E-state index contributed by atoms with van der Waals surface area (Å²) in [7, 11) is 2.06. The SMILES string of the molecule is Cc1ccc2c(oc3c(-c4cc5ccccc5c5ccccc45)c(C#N)cc(C)c32)c1-c1cccc[n+]1C. The van der Waals surface area contributed by atoms with Gasteiger partial charge in [-0.25, -0.2) is 4.57 Å². The van der Waals surface area contributed by atoms with Gasteiger partial charge in [-0.2, -0.15) is 5.26 Å². The van der Waals surface area contributed by atoms with Crippen molar-refractivity contribution in [2.45, 2.75) is 13.8 Å². The van der Waals surface area contributed by atoms with Crippen LogP contribution in [0.1, 0.15) is 16.7 Å². The van der Waals surface area contributed by atoms with Crippen molar-refractivity contribution in [2.75, 3.05) is 0 Å². The van der Waals surface area contributed by atoms with E-state index >= 15 is 0 Å². The van der Waals surface area contributed by atoms with Crippen LogP contribution in [0.15, 0.2) is 102 Å². The van der Waals surface area contributed by atoms with Gasteiger partial charge in [0.25, 0.3) is 0 Å². The van der Waals surface area contributed by atoms with E-state index in [9.17, 15) is 5.26 Å². The van der Waals surface area contributed by atoms with E-state index in [0.717, 1.165) is 66.2 Å². The molecule has 0 aliphatic heterocycles. The molecule has 0 atom stereocenters. The van der Waals surface area contributed by atoms with Gasteiger partial charge >= 0.3 is 0 Å². The molecule has 5 aromatic carbocycles. The molecule has 180 valence electrons. The van der Waals surface area contributed by atoms with Crippen molar-refractivity contribution in [2.24, 2.45) is 7.05 Å². The van der Waals surface area contributed by atoms with Crippen LogP contribution in [-0.4, -0.2) is 0 Å². The van der Waals surface area contributed by atoms with Gasteiger partial charge in [-0.05, 0) is 70.3 Å². The minimum Gasteiger partial charge on any atom is -0.454 e. The second-order valence-corrected chi connectivity index (χ2v) is 10.1. The van der Waals surface area contributed by atoms with Crippen molar-refractivity contribution < 1.29 is 8.98 Å². The van der Waals surface area contributed by atoms with E-state index in [2.05, 4.69) is 117 Å². The van der Waals surface area contributed by atoms with Crippen molar-refractivity contribution in [3.8, 4) is 28.5 Å². The number of benzene rings is 5. The van der Waals surface area contributed by atoms with E-state index in [1.54, 1.807) is 0 Å². The lowest BCUT2D eigenvalue weighted by Crippen LogP contribution is -2.30. The number of pyridine rings is 1.